The summed E-state index contributed by atoms with van der Waals surface area (Å²) in [6.07, 6.45) is 2.81. The van der Waals surface area contributed by atoms with Crippen LogP contribution in [-0.4, -0.2) is 43.2 Å². The van der Waals surface area contributed by atoms with Gasteiger partial charge in [0, 0.05) is 31.7 Å². The second-order valence-electron chi connectivity index (χ2n) is 6.37. The third kappa shape index (κ3) is 3.04. The quantitative estimate of drug-likeness (QED) is 0.927. The zero-order valence-corrected chi connectivity index (χ0v) is 12.5. The highest BCUT2D eigenvalue weighted by Crippen LogP contribution is 2.30. The Hall–Kier alpha value is -1.20. The van der Waals surface area contributed by atoms with E-state index in [1.54, 1.807) is 0 Å². The zero-order valence-electron chi connectivity index (χ0n) is 12.5. The fraction of sp³-hybridized carbons (Fsp3) is 0.625. The van der Waals surface area contributed by atoms with Gasteiger partial charge in [-0.3, -0.25) is 4.90 Å². The van der Waals surface area contributed by atoms with Crippen LogP contribution in [0.15, 0.2) is 12.1 Å². The van der Waals surface area contributed by atoms with Gasteiger partial charge in [-0.2, -0.15) is 0 Å². The van der Waals surface area contributed by atoms with Crippen molar-refractivity contribution in [2.45, 2.75) is 38.3 Å². The average Bonchev–Trinajstić information content (AvgIpc) is 2.84. The highest BCUT2D eigenvalue weighted by molar-refractivity contribution is 5.51. The first-order valence-electron chi connectivity index (χ1n) is 7.77. The van der Waals surface area contributed by atoms with Crippen LogP contribution in [0, 0.1) is 11.6 Å². The van der Waals surface area contributed by atoms with Gasteiger partial charge in [0.2, 0.25) is 0 Å². The summed E-state index contributed by atoms with van der Waals surface area (Å²) in [6.45, 7) is 5.27. The summed E-state index contributed by atoms with van der Waals surface area (Å²) in [5.41, 5.74) is 6.47. The third-order valence-electron chi connectivity index (χ3n) is 4.54. The molecule has 3 nitrogen and oxygen atoms in total. The molecule has 0 bridgehead atoms. The van der Waals surface area contributed by atoms with Crippen molar-refractivity contribution >= 4 is 5.69 Å². The average molecular weight is 295 g/mol. The Labute approximate surface area is 124 Å². The van der Waals surface area contributed by atoms with Gasteiger partial charge in [0.1, 0.15) is 17.3 Å². The number of hydrogen-bond donors (Lipinski definition) is 1. The first-order valence-corrected chi connectivity index (χ1v) is 7.77. The van der Waals surface area contributed by atoms with Crippen LogP contribution >= 0.6 is 0 Å². The van der Waals surface area contributed by atoms with E-state index >= 15 is 0 Å². The Morgan fingerprint density at radius 3 is 2.62 bits per heavy atom. The maximum atomic E-state index is 14.4. The van der Waals surface area contributed by atoms with E-state index < -0.39 is 11.6 Å². The van der Waals surface area contributed by atoms with E-state index in [0.29, 0.717) is 24.6 Å². The molecule has 1 aromatic carbocycles. The SMILES string of the molecule is CC(N)Cc1cc(F)c(N2CCN3CCCC3C2)c(F)c1. The Kier molecular flexibility index (Phi) is 4.13. The molecule has 2 heterocycles. The largest absolute Gasteiger partial charge is 0.364 e. The second kappa shape index (κ2) is 5.89. The monoisotopic (exact) mass is 295 g/mol. The lowest BCUT2D eigenvalue weighted by molar-refractivity contribution is 0.229. The molecule has 2 aliphatic heterocycles. The second-order valence-corrected chi connectivity index (χ2v) is 6.37. The van der Waals surface area contributed by atoms with Crippen molar-refractivity contribution in [1.82, 2.24) is 4.90 Å². The van der Waals surface area contributed by atoms with E-state index in [-0.39, 0.29) is 11.7 Å². The normalized spacial score (nSPS) is 24.2. The lowest BCUT2D eigenvalue weighted by Crippen LogP contribution is -2.50. The number of halogens is 2. The van der Waals surface area contributed by atoms with Crippen molar-refractivity contribution in [3.05, 3.63) is 29.3 Å². The van der Waals surface area contributed by atoms with Crippen LogP contribution in [0.25, 0.3) is 0 Å². The predicted octanol–water partition coefficient (Wildman–Crippen LogP) is 2.14. The molecule has 2 atom stereocenters. The van der Waals surface area contributed by atoms with E-state index in [4.69, 9.17) is 5.73 Å². The van der Waals surface area contributed by atoms with E-state index in [0.717, 1.165) is 26.1 Å². The molecular weight excluding hydrogens is 272 g/mol. The number of anilines is 1. The first kappa shape index (κ1) is 14.7. The maximum absolute atomic E-state index is 14.4. The Bertz CT molecular complexity index is 495. The van der Waals surface area contributed by atoms with Crippen LogP contribution in [-0.2, 0) is 6.42 Å². The fourth-order valence-electron chi connectivity index (χ4n) is 3.60. The van der Waals surface area contributed by atoms with Gasteiger partial charge >= 0.3 is 0 Å². The van der Waals surface area contributed by atoms with Gasteiger partial charge in [0.25, 0.3) is 0 Å². The lowest BCUT2D eigenvalue weighted by Gasteiger charge is -2.39. The predicted molar refractivity (Wildman–Crippen MR) is 80.5 cm³/mol. The van der Waals surface area contributed by atoms with Gasteiger partial charge < -0.3 is 10.6 Å². The fourth-order valence-corrected chi connectivity index (χ4v) is 3.60. The van der Waals surface area contributed by atoms with Crippen LogP contribution in [0.3, 0.4) is 0 Å². The number of hydrogen-bond acceptors (Lipinski definition) is 3. The zero-order chi connectivity index (χ0) is 15.0. The highest BCUT2D eigenvalue weighted by Gasteiger charge is 2.32. The van der Waals surface area contributed by atoms with Gasteiger partial charge in [0.15, 0.2) is 0 Å². The van der Waals surface area contributed by atoms with E-state index in [1.165, 1.54) is 18.6 Å². The molecule has 2 aliphatic rings. The van der Waals surface area contributed by atoms with Crippen molar-refractivity contribution in [2.24, 2.45) is 5.73 Å². The Morgan fingerprint density at radius 1 is 1.24 bits per heavy atom. The molecular formula is C16H23F2N3. The van der Waals surface area contributed by atoms with Crippen molar-refractivity contribution < 1.29 is 8.78 Å². The van der Waals surface area contributed by atoms with Crippen LogP contribution in [0.1, 0.15) is 25.3 Å². The molecule has 0 spiro atoms. The summed E-state index contributed by atoms with van der Waals surface area (Å²) in [5.74, 6) is -0.922. The van der Waals surface area contributed by atoms with Crippen molar-refractivity contribution in [3.8, 4) is 0 Å². The molecule has 116 valence electrons. The molecule has 5 heteroatoms. The molecule has 0 amide bonds. The van der Waals surface area contributed by atoms with Crippen molar-refractivity contribution in [2.75, 3.05) is 31.1 Å². The van der Waals surface area contributed by atoms with Gasteiger partial charge in [-0.05, 0) is 50.4 Å². The van der Waals surface area contributed by atoms with Crippen molar-refractivity contribution in [3.63, 3.8) is 0 Å². The molecule has 2 fully saturated rings. The van der Waals surface area contributed by atoms with E-state index in [2.05, 4.69) is 4.90 Å². The minimum absolute atomic E-state index is 0.100. The summed E-state index contributed by atoms with van der Waals surface area (Å²) in [4.78, 5) is 4.30. The molecule has 0 aliphatic carbocycles. The molecule has 3 rings (SSSR count). The Morgan fingerprint density at radius 2 is 1.95 bits per heavy atom. The maximum Gasteiger partial charge on any atom is 0.149 e. The number of benzene rings is 1. The summed E-state index contributed by atoms with van der Waals surface area (Å²) in [5, 5.41) is 0. The van der Waals surface area contributed by atoms with Gasteiger partial charge in [-0.15, -0.1) is 0 Å². The number of rotatable bonds is 3. The van der Waals surface area contributed by atoms with E-state index in [1.807, 2.05) is 11.8 Å². The third-order valence-corrected chi connectivity index (χ3v) is 4.54. The number of nitrogens with two attached hydrogens (primary N) is 1. The molecule has 2 unspecified atom stereocenters. The number of fused-ring (bicyclic) bond motifs is 1. The van der Waals surface area contributed by atoms with Gasteiger partial charge in [0.05, 0.1) is 0 Å². The molecule has 1 aromatic rings. The topological polar surface area (TPSA) is 32.5 Å². The molecule has 0 saturated carbocycles. The van der Waals surface area contributed by atoms with Crippen LogP contribution < -0.4 is 10.6 Å². The molecule has 21 heavy (non-hydrogen) atoms. The van der Waals surface area contributed by atoms with Crippen LogP contribution in [0.2, 0.25) is 0 Å². The van der Waals surface area contributed by atoms with Crippen LogP contribution in [0.5, 0.6) is 0 Å². The smallest absolute Gasteiger partial charge is 0.149 e. The van der Waals surface area contributed by atoms with Crippen molar-refractivity contribution in [1.29, 1.82) is 0 Å². The summed E-state index contributed by atoms with van der Waals surface area (Å²) in [6, 6.07) is 3.21. The van der Waals surface area contributed by atoms with Gasteiger partial charge in [-0.1, -0.05) is 0 Å². The lowest BCUT2D eigenvalue weighted by atomic mass is 10.0. The Balaban J connectivity index is 1.81. The standard InChI is InChI=1S/C16H23F2N3/c1-11(19)7-12-8-14(17)16(15(18)9-12)21-6-5-20-4-2-3-13(20)10-21/h8-9,11,13H,2-7,10,19H2,1H3. The summed E-state index contributed by atoms with van der Waals surface area (Å²) >= 11 is 0. The minimum Gasteiger partial charge on any atom is -0.364 e. The van der Waals surface area contributed by atoms with E-state index in [9.17, 15) is 8.78 Å². The molecule has 0 radical (unpaired) electrons. The first-order chi connectivity index (χ1) is 10.0. The minimum atomic E-state index is -0.461. The number of piperazine rings is 1. The molecule has 2 N–H and O–H groups in total. The van der Waals surface area contributed by atoms with Crippen LogP contribution in [0.4, 0.5) is 14.5 Å². The molecule has 2 saturated heterocycles. The number of nitrogens with zero attached hydrogens (tertiary/aromatic N) is 2. The highest BCUT2D eigenvalue weighted by atomic mass is 19.1. The summed E-state index contributed by atoms with van der Waals surface area (Å²) < 4.78 is 28.7. The van der Waals surface area contributed by atoms with Gasteiger partial charge in [-0.25, -0.2) is 8.78 Å². The summed E-state index contributed by atoms with van der Waals surface area (Å²) in [7, 11) is 0. The molecule has 0 aromatic heterocycles.